The van der Waals surface area contributed by atoms with Gasteiger partial charge in [-0.1, -0.05) is 36.4 Å². The topological polar surface area (TPSA) is 64.3 Å². The van der Waals surface area contributed by atoms with E-state index in [0.717, 1.165) is 0 Å². The van der Waals surface area contributed by atoms with Gasteiger partial charge in [-0.05, 0) is 24.6 Å². The molecule has 118 valence electrons. The maximum atomic E-state index is 12.8. The van der Waals surface area contributed by atoms with Crippen molar-refractivity contribution in [2.75, 3.05) is 6.26 Å². The van der Waals surface area contributed by atoms with E-state index in [0.29, 0.717) is 33.4 Å². The highest BCUT2D eigenvalue weighted by molar-refractivity contribution is 7.89. The Balaban J connectivity index is 2.14. The van der Waals surface area contributed by atoms with Gasteiger partial charge in [-0.15, -0.1) is 0 Å². The minimum atomic E-state index is -3.14. The van der Waals surface area contributed by atoms with Gasteiger partial charge >= 0.3 is 0 Å². The van der Waals surface area contributed by atoms with E-state index in [4.69, 9.17) is 4.42 Å². The summed E-state index contributed by atoms with van der Waals surface area (Å²) in [5, 5.41) is 0.650. The molecule has 0 aliphatic carbocycles. The van der Waals surface area contributed by atoms with Crippen LogP contribution in [0.3, 0.4) is 0 Å². The van der Waals surface area contributed by atoms with Gasteiger partial charge in [0.15, 0.2) is 15.6 Å². The summed E-state index contributed by atoms with van der Waals surface area (Å²) in [4.78, 5) is 12.8. The molecule has 5 heteroatoms. The van der Waals surface area contributed by atoms with Gasteiger partial charge in [-0.2, -0.15) is 0 Å². The van der Waals surface area contributed by atoms with Crippen molar-refractivity contribution in [1.29, 1.82) is 0 Å². The van der Waals surface area contributed by atoms with Crippen LogP contribution in [0.4, 0.5) is 0 Å². The first-order valence-corrected chi connectivity index (χ1v) is 9.21. The Morgan fingerprint density at radius 2 is 1.78 bits per heavy atom. The highest BCUT2D eigenvalue weighted by Gasteiger charge is 2.20. The number of hydrogen-bond donors (Lipinski definition) is 0. The van der Waals surface area contributed by atoms with E-state index in [1.807, 2.05) is 6.07 Å². The van der Waals surface area contributed by atoms with Crippen molar-refractivity contribution in [2.45, 2.75) is 12.7 Å². The van der Waals surface area contributed by atoms with Crippen molar-refractivity contribution < 1.29 is 17.6 Å². The van der Waals surface area contributed by atoms with Crippen LogP contribution in [0.2, 0.25) is 0 Å². The van der Waals surface area contributed by atoms with E-state index in [2.05, 4.69) is 0 Å². The molecule has 0 aliphatic heterocycles. The molecule has 0 aliphatic rings. The van der Waals surface area contributed by atoms with Gasteiger partial charge in [0.25, 0.3) is 0 Å². The summed E-state index contributed by atoms with van der Waals surface area (Å²) in [5.74, 6) is 0.343. The molecule has 3 rings (SSSR count). The van der Waals surface area contributed by atoms with Crippen molar-refractivity contribution in [2.24, 2.45) is 0 Å². The Morgan fingerprint density at radius 1 is 1.09 bits per heavy atom. The van der Waals surface area contributed by atoms with E-state index >= 15 is 0 Å². The van der Waals surface area contributed by atoms with Gasteiger partial charge in [0.05, 0.1) is 11.3 Å². The number of ketones is 1. The average molecular weight is 328 g/mol. The average Bonchev–Trinajstić information content (AvgIpc) is 2.81. The second-order valence-electron chi connectivity index (χ2n) is 5.63. The summed E-state index contributed by atoms with van der Waals surface area (Å²) in [5.41, 5.74) is 2.29. The molecule has 0 atom stereocenters. The molecular weight excluding hydrogens is 312 g/mol. The number of hydrogen-bond acceptors (Lipinski definition) is 4. The SMILES string of the molecule is Cc1oc2ccc(CS(C)(=O)=O)cc2c1C(=O)c1ccccc1. The minimum Gasteiger partial charge on any atom is -0.461 e. The molecule has 0 spiro atoms. The van der Waals surface area contributed by atoms with Crippen LogP contribution >= 0.6 is 0 Å². The lowest BCUT2D eigenvalue weighted by Crippen LogP contribution is -2.03. The molecule has 0 N–H and O–H groups in total. The molecule has 0 saturated heterocycles. The number of furan rings is 1. The normalized spacial score (nSPS) is 11.7. The first kappa shape index (κ1) is 15.5. The van der Waals surface area contributed by atoms with E-state index in [1.54, 1.807) is 49.4 Å². The van der Waals surface area contributed by atoms with E-state index in [-0.39, 0.29) is 11.5 Å². The van der Waals surface area contributed by atoms with Crippen LogP contribution in [0, 0.1) is 6.92 Å². The van der Waals surface area contributed by atoms with Crippen LogP contribution < -0.4 is 0 Å². The van der Waals surface area contributed by atoms with Crippen molar-refractivity contribution in [3.8, 4) is 0 Å². The first-order valence-electron chi connectivity index (χ1n) is 7.14. The second-order valence-corrected chi connectivity index (χ2v) is 7.77. The van der Waals surface area contributed by atoms with Crippen LogP contribution in [0.5, 0.6) is 0 Å². The molecule has 0 saturated carbocycles. The van der Waals surface area contributed by atoms with Gasteiger partial charge in [0.1, 0.15) is 11.3 Å². The Kier molecular flexibility index (Phi) is 3.82. The fourth-order valence-electron chi connectivity index (χ4n) is 2.68. The molecule has 0 fully saturated rings. The summed E-state index contributed by atoms with van der Waals surface area (Å²) in [6.45, 7) is 1.74. The molecule has 23 heavy (non-hydrogen) atoms. The summed E-state index contributed by atoms with van der Waals surface area (Å²) in [6, 6.07) is 14.1. The lowest BCUT2D eigenvalue weighted by atomic mass is 10.00. The maximum absolute atomic E-state index is 12.8. The standard InChI is InChI=1S/C18H16O4S/c1-12-17(18(19)14-6-4-3-5-7-14)15-10-13(11-23(2,20)21)8-9-16(15)22-12/h3-10H,11H2,1-2H3. The van der Waals surface area contributed by atoms with Crippen LogP contribution in [0.25, 0.3) is 11.0 Å². The minimum absolute atomic E-state index is 0.0634. The maximum Gasteiger partial charge on any atom is 0.197 e. The zero-order valence-corrected chi connectivity index (χ0v) is 13.7. The predicted molar refractivity (Wildman–Crippen MR) is 89.4 cm³/mol. The van der Waals surface area contributed by atoms with E-state index in [1.165, 1.54) is 6.26 Å². The molecule has 1 aromatic heterocycles. The first-order chi connectivity index (χ1) is 10.8. The molecule has 2 aromatic carbocycles. The van der Waals surface area contributed by atoms with Crippen LogP contribution in [-0.4, -0.2) is 20.5 Å². The third-order valence-corrected chi connectivity index (χ3v) is 4.48. The smallest absolute Gasteiger partial charge is 0.197 e. The van der Waals surface area contributed by atoms with Gasteiger partial charge in [0, 0.05) is 17.2 Å². The second kappa shape index (κ2) is 5.66. The number of fused-ring (bicyclic) bond motifs is 1. The number of sulfone groups is 1. The van der Waals surface area contributed by atoms with Gasteiger partial charge in [-0.3, -0.25) is 4.79 Å². The Labute approximate surface area is 134 Å². The molecule has 1 heterocycles. The van der Waals surface area contributed by atoms with Crippen LogP contribution in [0.15, 0.2) is 52.9 Å². The Bertz CT molecular complexity index is 983. The molecule has 0 radical (unpaired) electrons. The summed E-state index contributed by atoms with van der Waals surface area (Å²) >= 11 is 0. The third kappa shape index (κ3) is 3.19. The Hall–Kier alpha value is -2.40. The largest absolute Gasteiger partial charge is 0.461 e. The predicted octanol–water partition coefficient (Wildman–Crippen LogP) is 3.52. The summed E-state index contributed by atoms with van der Waals surface area (Å²) in [6.07, 6.45) is 1.19. The summed E-state index contributed by atoms with van der Waals surface area (Å²) < 4.78 is 28.6. The molecule has 0 bridgehead atoms. The van der Waals surface area contributed by atoms with Crippen LogP contribution in [-0.2, 0) is 15.6 Å². The quantitative estimate of drug-likeness (QED) is 0.687. The van der Waals surface area contributed by atoms with Gasteiger partial charge < -0.3 is 4.42 Å². The fraction of sp³-hybridized carbons (Fsp3) is 0.167. The lowest BCUT2D eigenvalue weighted by molar-refractivity contribution is 0.103. The van der Waals surface area contributed by atoms with E-state index < -0.39 is 9.84 Å². The summed E-state index contributed by atoms with van der Waals surface area (Å²) in [7, 11) is -3.14. The fourth-order valence-corrected chi connectivity index (χ4v) is 3.46. The van der Waals surface area contributed by atoms with Gasteiger partial charge in [-0.25, -0.2) is 8.42 Å². The monoisotopic (exact) mass is 328 g/mol. The molecule has 3 aromatic rings. The van der Waals surface area contributed by atoms with Gasteiger partial charge in [0.2, 0.25) is 0 Å². The molecule has 0 amide bonds. The zero-order valence-electron chi connectivity index (χ0n) is 12.9. The molecule has 0 unspecified atom stereocenters. The number of rotatable bonds is 4. The highest BCUT2D eigenvalue weighted by Crippen LogP contribution is 2.29. The van der Waals surface area contributed by atoms with Crippen LogP contribution in [0.1, 0.15) is 27.2 Å². The van der Waals surface area contributed by atoms with Crippen molar-refractivity contribution in [3.63, 3.8) is 0 Å². The third-order valence-electron chi connectivity index (χ3n) is 3.62. The number of carbonyl (C=O) groups excluding carboxylic acids is 1. The highest BCUT2D eigenvalue weighted by atomic mass is 32.2. The zero-order chi connectivity index (χ0) is 16.6. The number of carbonyl (C=O) groups is 1. The number of benzene rings is 2. The van der Waals surface area contributed by atoms with E-state index in [9.17, 15) is 13.2 Å². The molecular formula is C18H16O4S. The van der Waals surface area contributed by atoms with Crippen molar-refractivity contribution in [1.82, 2.24) is 0 Å². The lowest BCUT2D eigenvalue weighted by Gasteiger charge is -2.02. The van der Waals surface area contributed by atoms with Crippen molar-refractivity contribution >= 4 is 26.6 Å². The molecule has 4 nitrogen and oxygen atoms in total. The Morgan fingerprint density at radius 3 is 2.43 bits per heavy atom. The number of aryl methyl sites for hydroxylation is 1. The van der Waals surface area contributed by atoms with Crippen molar-refractivity contribution in [3.05, 3.63) is 71.0 Å².